The molecule has 0 saturated carbocycles. The first-order valence-electron chi connectivity index (χ1n) is 4.35. The number of halogens is 3. The van der Waals surface area contributed by atoms with Crippen molar-refractivity contribution < 1.29 is 4.39 Å². The lowest BCUT2D eigenvalue weighted by atomic mass is 10.3. The molecule has 16 heavy (non-hydrogen) atoms. The molecule has 0 fully saturated rings. The molecule has 0 unspecified atom stereocenters. The Morgan fingerprint density at radius 3 is 2.56 bits per heavy atom. The molecular formula is C10H6Cl2FN3. The van der Waals surface area contributed by atoms with Gasteiger partial charge in [0, 0.05) is 17.4 Å². The third-order valence-electron chi connectivity index (χ3n) is 1.84. The van der Waals surface area contributed by atoms with Crippen LogP contribution < -0.4 is 5.32 Å². The molecular weight excluding hydrogens is 252 g/mol. The smallest absolute Gasteiger partial charge is 0.171 e. The summed E-state index contributed by atoms with van der Waals surface area (Å²) in [5.41, 5.74) is 0.242. The second-order valence-corrected chi connectivity index (χ2v) is 3.74. The molecule has 82 valence electrons. The summed E-state index contributed by atoms with van der Waals surface area (Å²) in [5.74, 6) is -0.181. The summed E-state index contributed by atoms with van der Waals surface area (Å²) in [6.45, 7) is 0. The van der Waals surface area contributed by atoms with E-state index < -0.39 is 5.82 Å². The maximum atomic E-state index is 13.4. The lowest BCUT2D eigenvalue weighted by molar-refractivity contribution is 0.632. The van der Waals surface area contributed by atoms with Gasteiger partial charge in [0.2, 0.25) is 0 Å². The Bertz CT molecular complexity index is 519. The fourth-order valence-electron chi connectivity index (χ4n) is 1.12. The average molecular weight is 258 g/mol. The number of nitrogens with one attached hydrogen (secondary N) is 1. The fourth-order valence-corrected chi connectivity index (χ4v) is 1.43. The first kappa shape index (κ1) is 11.1. The van der Waals surface area contributed by atoms with Crippen molar-refractivity contribution in [2.75, 3.05) is 5.32 Å². The minimum Gasteiger partial charge on any atom is -0.335 e. The summed E-state index contributed by atoms with van der Waals surface area (Å²) < 4.78 is 13.4. The van der Waals surface area contributed by atoms with Crippen molar-refractivity contribution in [1.82, 2.24) is 9.97 Å². The highest BCUT2D eigenvalue weighted by atomic mass is 35.5. The van der Waals surface area contributed by atoms with Gasteiger partial charge in [-0.05, 0) is 18.2 Å². The molecule has 0 aliphatic rings. The normalized spacial score (nSPS) is 10.2. The third-order valence-corrected chi connectivity index (χ3v) is 2.35. The van der Waals surface area contributed by atoms with Gasteiger partial charge in [0.1, 0.15) is 5.82 Å². The van der Waals surface area contributed by atoms with Gasteiger partial charge in [-0.15, -0.1) is 0 Å². The predicted molar refractivity (Wildman–Crippen MR) is 61.7 cm³/mol. The van der Waals surface area contributed by atoms with E-state index >= 15 is 0 Å². The Labute approximate surface area is 101 Å². The number of rotatable bonds is 2. The molecule has 0 aliphatic carbocycles. The molecule has 0 saturated heterocycles. The van der Waals surface area contributed by atoms with Crippen molar-refractivity contribution >= 4 is 34.7 Å². The summed E-state index contributed by atoms with van der Waals surface area (Å²) in [4.78, 5) is 7.75. The second kappa shape index (κ2) is 4.63. The van der Waals surface area contributed by atoms with Crippen LogP contribution in [-0.2, 0) is 0 Å². The van der Waals surface area contributed by atoms with Gasteiger partial charge in [-0.2, -0.15) is 0 Å². The molecule has 6 heteroatoms. The Balaban J connectivity index is 2.31. The van der Waals surface area contributed by atoms with Gasteiger partial charge in [-0.3, -0.25) is 0 Å². The number of nitrogens with zero attached hydrogens (tertiary/aromatic N) is 2. The molecule has 0 spiro atoms. The van der Waals surface area contributed by atoms with Gasteiger partial charge in [0.15, 0.2) is 11.0 Å². The van der Waals surface area contributed by atoms with Crippen molar-refractivity contribution in [1.29, 1.82) is 0 Å². The zero-order valence-electron chi connectivity index (χ0n) is 7.92. The standard InChI is InChI=1S/C10H6Cl2FN3/c11-6-1-2-8(7(13)5-6)16-10-9(12)14-3-4-15-10/h1-5H,(H,15,16). The Hall–Kier alpha value is -1.39. The number of aromatic nitrogens is 2. The van der Waals surface area contributed by atoms with E-state index in [9.17, 15) is 4.39 Å². The van der Waals surface area contributed by atoms with E-state index in [2.05, 4.69) is 15.3 Å². The monoisotopic (exact) mass is 257 g/mol. The van der Waals surface area contributed by atoms with Crippen molar-refractivity contribution in [2.45, 2.75) is 0 Å². The highest BCUT2D eigenvalue weighted by molar-refractivity contribution is 6.31. The van der Waals surface area contributed by atoms with Crippen LogP contribution in [0.5, 0.6) is 0 Å². The minimum absolute atomic E-state index is 0.178. The predicted octanol–water partition coefficient (Wildman–Crippen LogP) is 3.67. The quantitative estimate of drug-likeness (QED) is 0.893. The summed E-state index contributed by atoms with van der Waals surface area (Å²) in [5, 5.41) is 3.23. The van der Waals surface area contributed by atoms with Gasteiger partial charge in [-0.25, -0.2) is 14.4 Å². The molecule has 0 bridgehead atoms. The number of hydrogen-bond donors (Lipinski definition) is 1. The van der Waals surface area contributed by atoms with Gasteiger partial charge in [-0.1, -0.05) is 23.2 Å². The first-order chi connectivity index (χ1) is 7.66. The second-order valence-electron chi connectivity index (χ2n) is 2.94. The van der Waals surface area contributed by atoms with Gasteiger partial charge >= 0.3 is 0 Å². The summed E-state index contributed by atoms with van der Waals surface area (Å²) >= 11 is 11.4. The van der Waals surface area contributed by atoms with Crippen LogP contribution in [0.25, 0.3) is 0 Å². The van der Waals surface area contributed by atoms with Crippen molar-refractivity contribution in [3.8, 4) is 0 Å². The fraction of sp³-hybridized carbons (Fsp3) is 0. The number of hydrogen-bond acceptors (Lipinski definition) is 3. The molecule has 0 amide bonds. The van der Waals surface area contributed by atoms with E-state index in [4.69, 9.17) is 23.2 Å². The topological polar surface area (TPSA) is 37.8 Å². The van der Waals surface area contributed by atoms with Gasteiger partial charge < -0.3 is 5.32 Å². The van der Waals surface area contributed by atoms with Crippen LogP contribution in [0.4, 0.5) is 15.9 Å². The summed E-state index contributed by atoms with van der Waals surface area (Å²) in [6.07, 6.45) is 2.91. The largest absolute Gasteiger partial charge is 0.335 e. The maximum Gasteiger partial charge on any atom is 0.171 e. The van der Waals surface area contributed by atoms with Crippen LogP contribution in [0.15, 0.2) is 30.6 Å². The van der Waals surface area contributed by atoms with Crippen molar-refractivity contribution in [3.63, 3.8) is 0 Å². The molecule has 1 heterocycles. The highest BCUT2D eigenvalue weighted by Crippen LogP contribution is 2.24. The van der Waals surface area contributed by atoms with Crippen LogP contribution in [0.2, 0.25) is 10.2 Å². The zero-order valence-corrected chi connectivity index (χ0v) is 9.43. The minimum atomic E-state index is -0.478. The number of anilines is 2. The summed E-state index contributed by atoms with van der Waals surface area (Å²) in [6, 6.07) is 4.27. The van der Waals surface area contributed by atoms with Crippen LogP contribution in [-0.4, -0.2) is 9.97 Å². The van der Waals surface area contributed by atoms with Gasteiger partial charge in [0.05, 0.1) is 5.69 Å². The van der Waals surface area contributed by atoms with Crippen LogP contribution >= 0.6 is 23.2 Å². The summed E-state index contributed by atoms with van der Waals surface area (Å²) in [7, 11) is 0. The van der Waals surface area contributed by atoms with E-state index in [0.717, 1.165) is 0 Å². The van der Waals surface area contributed by atoms with Crippen molar-refractivity contribution in [2.24, 2.45) is 0 Å². The molecule has 0 atom stereocenters. The molecule has 3 nitrogen and oxygen atoms in total. The molecule has 2 rings (SSSR count). The van der Waals surface area contributed by atoms with Crippen LogP contribution in [0.1, 0.15) is 0 Å². The number of benzene rings is 1. The lowest BCUT2D eigenvalue weighted by Gasteiger charge is -2.07. The van der Waals surface area contributed by atoms with E-state index in [1.807, 2.05) is 0 Å². The van der Waals surface area contributed by atoms with E-state index in [1.54, 1.807) is 6.07 Å². The Morgan fingerprint density at radius 1 is 1.12 bits per heavy atom. The third kappa shape index (κ3) is 2.40. The maximum absolute atomic E-state index is 13.4. The van der Waals surface area contributed by atoms with Crippen molar-refractivity contribution in [3.05, 3.63) is 46.6 Å². The molecule has 0 aliphatic heterocycles. The molecule has 0 radical (unpaired) electrons. The molecule has 2 aromatic rings. The van der Waals surface area contributed by atoms with E-state index in [0.29, 0.717) is 10.8 Å². The van der Waals surface area contributed by atoms with E-state index in [-0.39, 0.29) is 10.8 Å². The Kier molecular flexibility index (Phi) is 3.22. The van der Waals surface area contributed by atoms with Crippen LogP contribution in [0.3, 0.4) is 0 Å². The average Bonchev–Trinajstić information content (AvgIpc) is 2.25. The SMILES string of the molecule is Fc1cc(Cl)ccc1Nc1nccnc1Cl. The first-order valence-corrected chi connectivity index (χ1v) is 5.11. The van der Waals surface area contributed by atoms with Crippen LogP contribution in [0, 0.1) is 5.82 Å². The highest BCUT2D eigenvalue weighted by Gasteiger charge is 2.06. The van der Waals surface area contributed by atoms with Gasteiger partial charge in [0.25, 0.3) is 0 Å². The molecule has 1 aromatic carbocycles. The van der Waals surface area contributed by atoms with E-state index in [1.165, 1.54) is 24.5 Å². The zero-order chi connectivity index (χ0) is 11.5. The molecule has 1 aromatic heterocycles. The Morgan fingerprint density at radius 2 is 1.88 bits per heavy atom. The lowest BCUT2D eigenvalue weighted by Crippen LogP contribution is -1.97. The molecule has 1 N–H and O–H groups in total.